The average Bonchev–Trinajstić information content (AvgIpc) is 3.54. The van der Waals surface area contributed by atoms with Gasteiger partial charge in [-0.15, -0.1) is 0 Å². The smallest absolute Gasteiger partial charge is 0.227 e. The van der Waals surface area contributed by atoms with Gasteiger partial charge in [-0.05, 0) is 61.6 Å². The highest BCUT2D eigenvalue weighted by Gasteiger charge is 2.24. The molecule has 2 aliphatic heterocycles. The Kier molecular flexibility index (Phi) is 4.76. The van der Waals surface area contributed by atoms with Gasteiger partial charge in [0.05, 0.1) is 6.10 Å². The first-order chi connectivity index (χ1) is 16.1. The van der Waals surface area contributed by atoms with Crippen LogP contribution in [-0.4, -0.2) is 32.1 Å². The molecule has 2 aliphatic rings. The predicted octanol–water partition coefficient (Wildman–Crippen LogP) is 4.89. The molecule has 3 aromatic heterocycles. The average molecular weight is 439 g/mol. The normalized spacial score (nSPS) is 16.5. The van der Waals surface area contributed by atoms with Crippen LogP contribution in [0.1, 0.15) is 43.5 Å². The molecule has 1 N–H and O–H groups in total. The first-order valence-electron chi connectivity index (χ1n) is 11.7. The van der Waals surface area contributed by atoms with E-state index in [0.29, 0.717) is 6.42 Å². The van der Waals surface area contributed by atoms with Crippen LogP contribution >= 0.6 is 0 Å². The van der Waals surface area contributed by atoms with E-state index in [9.17, 15) is 9.90 Å². The molecule has 1 fully saturated rings. The standard InChI is InChI=1S/C27H26N4O2/c1-17(32)19-13-23-26(24-4-2-11-31(24)27(23)29-16-19)21-12-20(14-28-15-21)18-6-8-22(9-7-18)30-10-3-5-25(30)33/h6-9,12-17,32H,2-5,10-11H2,1H3. The van der Waals surface area contributed by atoms with Crippen molar-refractivity contribution in [3.63, 3.8) is 0 Å². The van der Waals surface area contributed by atoms with Crippen LogP contribution in [0.5, 0.6) is 0 Å². The van der Waals surface area contributed by atoms with Crippen molar-refractivity contribution >= 4 is 22.6 Å². The minimum Gasteiger partial charge on any atom is -0.389 e. The minimum atomic E-state index is -0.560. The van der Waals surface area contributed by atoms with Gasteiger partial charge in [0.2, 0.25) is 5.91 Å². The summed E-state index contributed by atoms with van der Waals surface area (Å²) in [5.41, 5.74) is 8.40. The number of amides is 1. The zero-order valence-corrected chi connectivity index (χ0v) is 18.7. The molecule has 33 heavy (non-hydrogen) atoms. The van der Waals surface area contributed by atoms with E-state index in [1.807, 2.05) is 29.4 Å². The number of rotatable bonds is 4. The molecule has 1 saturated heterocycles. The van der Waals surface area contributed by atoms with Crippen molar-refractivity contribution in [2.24, 2.45) is 0 Å². The zero-order valence-electron chi connectivity index (χ0n) is 18.7. The predicted molar refractivity (Wildman–Crippen MR) is 129 cm³/mol. The maximum atomic E-state index is 12.1. The number of aromatic nitrogens is 3. The Bertz CT molecular complexity index is 1370. The molecule has 1 atom stereocenters. The molecule has 0 bridgehead atoms. The summed E-state index contributed by atoms with van der Waals surface area (Å²) in [5.74, 6) is 0.200. The number of benzene rings is 1. The van der Waals surface area contributed by atoms with Crippen molar-refractivity contribution in [3.05, 3.63) is 66.2 Å². The van der Waals surface area contributed by atoms with E-state index in [0.717, 1.165) is 71.3 Å². The fourth-order valence-electron chi connectivity index (χ4n) is 5.24. The van der Waals surface area contributed by atoms with Crippen molar-refractivity contribution in [3.8, 4) is 22.3 Å². The van der Waals surface area contributed by atoms with Gasteiger partial charge in [-0.25, -0.2) is 4.98 Å². The molecule has 0 spiro atoms. The lowest BCUT2D eigenvalue weighted by molar-refractivity contribution is -0.117. The van der Waals surface area contributed by atoms with E-state index < -0.39 is 6.10 Å². The molecular formula is C27H26N4O2. The summed E-state index contributed by atoms with van der Waals surface area (Å²) in [6.07, 6.45) is 8.71. The van der Waals surface area contributed by atoms with E-state index in [1.54, 1.807) is 13.1 Å². The summed E-state index contributed by atoms with van der Waals surface area (Å²) in [6.45, 7) is 3.54. The Morgan fingerprint density at radius 3 is 2.48 bits per heavy atom. The summed E-state index contributed by atoms with van der Waals surface area (Å²) in [6, 6.07) is 12.4. The van der Waals surface area contributed by atoms with Gasteiger partial charge in [0, 0.05) is 71.6 Å². The largest absolute Gasteiger partial charge is 0.389 e. The van der Waals surface area contributed by atoms with E-state index >= 15 is 0 Å². The minimum absolute atomic E-state index is 0.200. The van der Waals surface area contributed by atoms with Crippen molar-refractivity contribution in [2.75, 3.05) is 11.4 Å². The number of aliphatic hydroxyl groups excluding tert-OH is 1. The number of carbonyl (C=O) groups excluding carboxylic acids is 1. The topological polar surface area (TPSA) is 71.2 Å². The summed E-state index contributed by atoms with van der Waals surface area (Å²) in [5, 5.41) is 11.2. The monoisotopic (exact) mass is 438 g/mol. The Hall–Kier alpha value is -3.51. The Morgan fingerprint density at radius 1 is 0.939 bits per heavy atom. The van der Waals surface area contributed by atoms with Crippen LogP contribution in [0.25, 0.3) is 33.3 Å². The number of fused-ring (bicyclic) bond motifs is 3. The van der Waals surface area contributed by atoms with Crippen LogP contribution in [-0.2, 0) is 17.8 Å². The van der Waals surface area contributed by atoms with Gasteiger partial charge < -0.3 is 14.6 Å². The van der Waals surface area contributed by atoms with Crippen LogP contribution in [0.4, 0.5) is 5.69 Å². The summed E-state index contributed by atoms with van der Waals surface area (Å²) < 4.78 is 2.31. The molecule has 1 amide bonds. The molecule has 166 valence electrons. The number of hydrogen-bond acceptors (Lipinski definition) is 4. The second kappa shape index (κ2) is 7.81. The first-order valence-corrected chi connectivity index (χ1v) is 11.7. The molecule has 1 unspecified atom stereocenters. The lowest BCUT2D eigenvalue weighted by Crippen LogP contribution is -2.23. The van der Waals surface area contributed by atoms with Gasteiger partial charge in [0.25, 0.3) is 0 Å². The number of aliphatic hydroxyl groups is 1. The summed E-state index contributed by atoms with van der Waals surface area (Å²) in [4.78, 5) is 23.2. The van der Waals surface area contributed by atoms with Gasteiger partial charge in [0.1, 0.15) is 5.65 Å². The van der Waals surface area contributed by atoms with Crippen molar-refractivity contribution < 1.29 is 9.90 Å². The summed E-state index contributed by atoms with van der Waals surface area (Å²) in [7, 11) is 0. The van der Waals surface area contributed by atoms with Crippen LogP contribution < -0.4 is 4.90 Å². The molecule has 0 saturated carbocycles. The molecule has 0 radical (unpaired) electrons. The molecule has 6 nitrogen and oxygen atoms in total. The lowest BCUT2D eigenvalue weighted by Gasteiger charge is -2.16. The number of nitrogens with zero attached hydrogens (tertiary/aromatic N) is 4. The molecule has 5 heterocycles. The third-order valence-electron chi connectivity index (χ3n) is 6.92. The van der Waals surface area contributed by atoms with E-state index in [2.05, 4.69) is 33.8 Å². The molecule has 0 aliphatic carbocycles. The highest BCUT2D eigenvalue weighted by Crippen LogP contribution is 2.39. The maximum Gasteiger partial charge on any atom is 0.227 e. The van der Waals surface area contributed by atoms with Gasteiger partial charge >= 0.3 is 0 Å². The van der Waals surface area contributed by atoms with Gasteiger partial charge in [-0.3, -0.25) is 9.78 Å². The SMILES string of the molecule is CC(O)c1cnc2c(c1)c(-c1cncc(-c3ccc(N4CCCC4=O)cc3)c1)c1n2CCC1. The zero-order chi connectivity index (χ0) is 22.5. The van der Waals surface area contributed by atoms with Gasteiger partial charge in [0.15, 0.2) is 0 Å². The van der Waals surface area contributed by atoms with E-state index in [-0.39, 0.29) is 5.91 Å². The van der Waals surface area contributed by atoms with Crippen LogP contribution in [0.15, 0.2) is 55.0 Å². The second-order valence-electron chi connectivity index (χ2n) is 9.05. The molecule has 6 rings (SSSR count). The number of anilines is 1. The third-order valence-corrected chi connectivity index (χ3v) is 6.92. The van der Waals surface area contributed by atoms with E-state index in [4.69, 9.17) is 4.98 Å². The quantitative estimate of drug-likeness (QED) is 0.492. The Morgan fingerprint density at radius 2 is 1.73 bits per heavy atom. The highest BCUT2D eigenvalue weighted by molar-refractivity contribution is 5.98. The van der Waals surface area contributed by atoms with Gasteiger partial charge in [-0.1, -0.05) is 12.1 Å². The Balaban J connectivity index is 1.43. The number of carbonyl (C=O) groups is 1. The highest BCUT2D eigenvalue weighted by atomic mass is 16.3. The van der Waals surface area contributed by atoms with Crippen LogP contribution in [0.2, 0.25) is 0 Å². The molecule has 1 aromatic carbocycles. The summed E-state index contributed by atoms with van der Waals surface area (Å²) >= 11 is 0. The molecule has 4 aromatic rings. The van der Waals surface area contributed by atoms with Crippen molar-refractivity contribution in [1.29, 1.82) is 0 Å². The number of hydrogen-bond donors (Lipinski definition) is 1. The lowest BCUT2D eigenvalue weighted by atomic mass is 9.98. The van der Waals surface area contributed by atoms with Crippen molar-refractivity contribution in [2.45, 2.75) is 45.3 Å². The van der Waals surface area contributed by atoms with Gasteiger partial charge in [-0.2, -0.15) is 0 Å². The fourth-order valence-corrected chi connectivity index (χ4v) is 5.24. The second-order valence-corrected chi connectivity index (χ2v) is 9.05. The Labute approximate surface area is 192 Å². The molecule has 6 heteroatoms. The third kappa shape index (κ3) is 3.33. The van der Waals surface area contributed by atoms with Crippen LogP contribution in [0.3, 0.4) is 0 Å². The first kappa shape index (κ1) is 20.1. The van der Waals surface area contributed by atoms with E-state index in [1.165, 1.54) is 11.3 Å². The fraction of sp³-hybridized carbons (Fsp3) is 0.296. The van der Waals surface area contributed by atoms with Crippen molar-refractivity contribution in [1.82, 2.24) is 14.5 Å². The number of pyridine rings is 2. The molecular weight excluding hydrogens is 412 g/mol. The number of aryl methyl sites for hydroxylation is 1. The maximum absolute atomic E-state index is 12.1. The van der Waals surface area contributed by atoms with Crippen LogP contribution in [0, 0.1) is 0 Å².